The van der Waals surface area contributed by atoms with Gasteiger partial charge in [-0.15, -0.1) is 11.3 Å². The molecule has 1 heterocycles. The minimum atomic E-state index is -1.16. The van der Waals surface area contributed by atoms with E-state index >= 15 is 0 Å². The zero-order valence-electron chi connectivity index (χ0n) is 8.88. The van der Waals surface area contributed by atoms with Gasteiger partial charge in [-0.1, -0.05) is 11.6 Å². The molecular weight excluding hydrogens is 276 g/mol. The maximum absolute atomic E-state index is 11.7. The van der Waals surface area contributed by atoms with Crippen LogP contribution in [0.25, 0.3) is 0 Å². The Hall–Kier alpha value is -1.92. The minimum Gasteiger partial charge on any atom is -0.478 e. The topological polar surface area (TPSA) is 79.3 Å². The van der Waals surface area contributed by atoms with E-state index in [0.29, 0.717) is 5.02 Å². The number of hydrogen-bond acceptors (Lipinski definition) is 4. The number of anilines is 1. The molecule has 0 spiro atoms. The van der Waals surface area contributed by atoms with E-state index in [1.54, 1.807) is 5.38 Å². The third kappa shape index (κ3) is 2.66. The maximum atomic E-state index is 11.7. The van der Waals surface area contributed by atoms with Crippen molar-refractivity contribution < 1.29 is 14.7 Å². The van der Waals surface area contributed by atoms with Crippen LogP contribution in [0.3, 0.4) is 0 Å². The van der Waals surface area contributed by atoms with Crippen molar-refractivity contribution in [3.63, 3.8) is 0 Å². The van der Waals surface area contributed by atoms with E-state index in [2.05, 4.69) is 10.3 Å². The summed E-state index contributed by atoms with van der Waals surface area (Å²) in [4.78, 5) is 26.6. The first-order chi connectivity index (χ1) is 8.58. The van der Waals surface area contributed by atoms with Gasteiger partial charge in [0.15, 0.2) is 0 Å². The monoisotopic (exact) mass is 282 g/mol. The zero-order chi connectivity index (χ0) is 13.1. The number of rotatable bonds is 3. The van der Waals surface area contributed by atoms with Crippen molar-refractivity contribution in [1.82, 2.24) is 4.98 Å². The number of thiazole rings is 1. The molecule has 1 aromatic carbocycles. The van der Waals surface area contributed by atoms with Gasteiger partial charge < -0.3 is 10.4 Å². The van der Waals surface area contributed by atoms with Crippen molar-refractivity contribution in [2.75, 3.05) is 5.32 Å². The van der Waals surface area contributed by atoms with Gasteiger partial charge in [-0.05, 0) is 18.2 Å². The van der Waals surface area contributed by atoms with E-state index in [4.69, 9.17) is 16.7 Å². The van der Waals surface area contributed by atoms with Crippen LogP contribution in [0.2, 0.25) is 5.02 Å². The van der Waals surface area contributed by atoms with E-state index < -0.39 is 11.9 Å². The molecule has 0 radical (unpaired) electrons. The normalized spacial score (nSPS) is 10.1. The molecular formula is C11H7ClN2O3S. The molecule has 5 nitrogen and oxygen atoms in total. The summed E-state index contributed by atoms with van der Waals surface area (Å²) < 4.78 is 0. The molecule has 0 fully saturated rings. The number of benzene rings is 1. The van der Waals surface area contributed by atoms with Crippen LogP contribution in [0.1, 0.15) is 20.8 Å². The Morgan fingerprint density at radius 3 is 2.78 bits per heavy atom. The highest BCUT2D eigenvalue weighted by Gasteiger charge is 2.14. The van der Waals surface area contributed by atoms with Crippen LogP contribution in [-0.2, 0) is 0 Å². The van der Waals surface area contributed by atoms with Gasteiger partial charge in [0.05, 0.1) is 16.8 Å². The van der Waals surface area contributed by atoms with E-state index in [9.17, 15) is 9.59 Å². The van der Waals surface area contributed by atoms with Gasteiger partial charge in [0.1, 0.15) is 5.69 Å². The molecule has 2 rings (SSSR count). The van der Waals surface area contributed by atoms with E-state index in [1.807, 2.05) is 0 Å². The molecule has 92 valence electrons. The van der Waals surface area contributed by atoms with Crippen molar-refractivity contribution >= 4 is 40.5 Å². The number of aromatic carboxylic acids is 1. The molecule has 2 aromatic rings. The first kappa shape index (κ1) is 12.5. The Morgan fingerprint density at radius 1 is 1.39 bits per heavy atom. The van der Waals surface area contributed by atoms with Gasteiger partial charge in [0.2, 0.25) is 0 Å². The third-order valence-corrected chi connectivity index (χ3v) is 2.95. The van der Waals surface area contributed by atoms with Gasteiger partial charge >= 0.3 is 5.97 Å². The second-order valence-corrected chi connectivity index (χ2v) is 4.48. The summed E-state index contributed by atoms with van der Waals surface area (Å²) >= 11 is 6.99. The molecule has 18 heavy (non-hydrogen) atoms. The fourth-order valence-electron chi connectivity index (χ4n) is 1.31. The summed E-state index contributed by atoms with van der Waals surface area (Å²) in [6, 6.07) is 4.22. The molecule has 1 amide bonds. The van der Waals surface area contributed by atoms with E-state index in [-0.39, 0.29) is 16.9 Å². The SMILES string of the molecule is O=C(Nc1ccc(Cl)cc1C(=O)O)c1cscn1. The molecule has 2 N–H and O–H groups in total. The highest BCUT2D eigenvalue weighted by Crippen LogP contribution is 2.21. The average Bonchev–Trinajstić information content (AvgIpc) is 2.84. The Labute approximate surface area is 111 Å². The number of nitrogens with zero attached hydrogens (tertiary/aromatic N) is 1. The minimum absolute atomic E-state index is 0.0638. The predicted molar refractivity (Wildman–Crippen MR) is 68.5 cm³/mol. The lowest BCUT2D eigenvalue weighted by molar-refractivity contribution is 0.0698. The van der Waals surface area contributed by atoms with Crippen LogP contribution < -0.4 is 5.32 Å². The summed E-state index contributed by atoms with van der Waals surface area (Å²) in [6.07, 6.45) is 0. The quantitative estimate of drug-likeness (QED) is 0.907. The smallest absolute Gasteiger partial charge is 0.337 e. The molecule has 7 heteroatoms. The van der Waals surface area contributed by atoms with E-state index in [1.165, 1.54) is 35.0 Å². The molecule has 0 saturated heterocycles. The second kappa shape index (κ2) is 5.16. The number of halogens is 1. The zero-order valence-corrected chi connectivity index (χ0v) is 10.5. The van der Waals surface area contributed by atoms with Crippen LogP contribution >= 0.6 is 22.9 Å². The fourth-order valence-corrected chi connectivity index (χ4v) is 2.02. The summed E-state index contributed by atoms with van der Waals surface area (Å²) in [5.74, 6) is -1.62. The van der Waals surface area contributed by atoms with Gasteiger partial charge in [-0.2, -0.15) is 0 Å². The van der Waals surface area contributed by atoms with Gasteiger partial charge in [0, 0.05) is 10.4 Å². The molecule has 0 unspecified atom stereocenters. The summed E-state index contributed by atoms with van der Waals surface area (Å²) in [5, 5.41) is 13.4. The van der Waals surface area contributed by atoms with E-state index in [0.717, 1.165) is 0 Å². The highest BCUT2D eigenvalue weighted by molar-refractivity contribution is 7.07. The molecule has 0 aliphatic rings. The van der Waals surface area contributed by atoms with Gasteiger partial charge in [-0.25, -0.2) is 9.78 Å². The van der Waals surface area contributed by atoms with Gasteiger partial charge in [0.25, 0.3) is 5.91 Å². The van der Waals surface area contributed by atoms with Crippen molar-refractivity contribution in [2.45, 2.75) is 0 Å². The molecule has 0 aliphatic carbocycles. The molecule has 0 saturated carbocycles. The lowest BCUT2D eigenvalue weighted by Crippen LogP contribution is -2.15. The second-order valence-electron chi connectivity index (χ2n) is 3.32. The Morgan fingerprint density at radius 2 is 2.17 bits per heavy atom. The van der Waals surface area contributed by atoms with Crippen LogP contribution in [0, 0.1) is 0 Å². The van der Waals surface area contributed by atoms with Crippen LogP contribution in [0.5, 0.6) is 0 Å². The number of hydrogen-bond donors (Lipinski definition) is 2. The average molecular weight is 283 g/mol. The largest absolute Gasteiger partial charge is 0.478 e. The molecule has 0 bridgehead atoms. The molecule has 0 aliphatic heterocycles. The summed E-state index contributed by atoms with van der Waals surface area (Å²) in [5.41, 5.74) is 1.89. The Balaban J connectivity index is 2.29. The number of carbonyl (C=O) groups is 2. The molecule has 1 aromatic heterocycles. The predicted octanol–water partition coefficient (Wildman–Crippen LogP) is 2.75. The van der Waals surface area contributed by atoms with Crippen LogP contribution in [-0.4, -0.2) is 22.0 Å². The first-order valence-corrected chi connectivity index (χ1v) is 6.12. The fraction of sp³-hybridized carbons (Fsp3) is 0. The standard InChI is InChI=1S/C11H7ClN2O3S/c12-6-1-2-8(7(3-6)11(16)17)14-10(15)9-4-18-5-13-9/h1-5H,(H,14,15)(H,16,17). The summed E-state index contributed by atoms with van der Waals surface area (Å²) in [7, 11) is 0. The highest BCUT2D eigenvalue weighted by atomic mass is 35.5. The lowest BCUT2D eigenvalue weighted by atomic mass is 10.1. The molecule has 0 atom stereocenters. The third-order valence-electron chi connectivity index (χ3n) is 2.13. The van der Waals surface area contributed by atoms with Crippen molar-refractivity contribution in [3.8, 4) is 0 Å². The van der Waals surface area contributed by atoms with Crippen LogP contribution in [0.15, 0.2) is 29.1 Å². The summed E-state index contributed by atoms with van der Waals surface area (Å²) in [6.45, 7) is 0. The number of carbonyl (C=O) groups excluding carboxylic acids is 1. The van der Waals surface area contributed by atoms with Crippen molar-refractivity contribution in [2.24, 2.45) is 0 Å². The number of aromatic nitrogens is 1. The van der Waals surface area contributed by atoms with Crippen molar-refractivity contribution in [3.05, 3.63) is 45.4 Å². The maximum Gasteiger partial charge on any atom is 0.337 e. The number of amides is 1. The van der Waals surface area contributed by atoms with Crippen LogP contribution in [0.4, 0.5) is 5.69 Å². The van der Waals surface area contributed by atoms with Gasteiger partial charge in [-0.3, -0.25) is 4.79 Å². The number of nitrogens with one attached hydrogen (secondary N) is 1. The first-order valence-electron chi connectivity index (χ1n) is 4.80. The number of carboxylic acid groups (broad SMARTS) is 1. The Kier molecular flexibility index (Phi) is 3.59. The lowest BCUT2D eigenvalue weighted by Gasteiger charge is -2.07. The number of carboxylic acids is 1. The Bertz CT molecular complexity index is 598. The van der Waals surface area contributed by atoms with Crippen molar-refractivity contribution in [1.29, 1.82) is 0 Å².